The van der Waals surface area contributed by atoms with E-state index in [0.717, 1.165) is 20.8 Å². The molecule has 4 heteroatoms. The van der Waals surface area contributed by atoms with Gasteiger partial charge in [-0.05, 0) is 11.6 Å². The van der Waals surface area contributed by atoms with Gasteiger partial charge in [-0.2, -0.15) is 0 Å². The summed E-state index contributed by atoms with van der Waals surface area (Å²) in [5, 5.41) is 9.97. The number of aliphatic hydroxyl groups is 1. The highest BCUT2D eigenvalue weighted by Gasteiger charge is 2.04. The second kappa shape index (κ2) is 4.88. The van der Waals surface area contributed by atoms with Crippen molar-refractivity contribution in [3.05, 3.63) is 50.4 Å². The van der Waals surface area contributed by atoms with Gasteiger partial charge < -0.3 is 5.11 Å². The normalized spacial score (nSPS) is 10.5. The standard InChI is InChI=1S/C11H10BrNOS/c12-10-4-2-1-3-8(10)5-11-13-6-9(7-14)15-11/h1-4,6,14H,5,7H2. The van der Waals surface area contributed by atoms with E-state index in [1.54, 1.807) is 17.5 Å². The summed E-state index contributed by atoms with van der Waals surface area (Å²) in [6.45, 7) is 0.0770. The van der Waals surface area contributed by atoms with Crippen molar-refractivity contribution in [2.24, 2.45) is 0 Å². The molecule has 1 aromatic heterocycles. The average molecular weight is 284 g/mol. The van der Waals surface area contributed by atoms with Crippen LogP contribution in [-0.2, 0) is 13.0 Å². The van der Waals surface area contributed by atoms with E-state index in [-0.39, 0.29) is 6.61 Å². The largest absolute Gasteiger partial charge is 0.391 e. The van der Waals surface area contributed by atoms with Crippen molar-refractivity contribution in [3.63, 3.8) is 0 Å². The first-order valence-electron chi connectivity index (χ1n) is 4.57. The molecule has 0 fully saturated rings. The van der Waals surface area contributed by atoms with Crippen LogP contribution < -0.4 is 0 Å². The van der Waals surface area contributed by atoms with Gasteiger partial charge in [-0.15, -0.1) is 11.3 Å². The van der Waals surface area contributed by atoms with Crippen LogP contribution in [0.5, 0.6) is 0 Å². The highest BCUT2D eigenvalue weighted by atomic mass is 79.9. The molecule has 0 unspecified atom stereocenters. The topological polar surface area (TPSA) is 33.1 Å². The third kappa shape index (κ3) is 2.65. The van der Waals surface area contributed by atoms with Gasteiger partial charge in [-0.3, -0.25) is 0 Å². The zero-order valence-corrected chi connectivity index (χ0v) is 10.4. The number of aromatic nitrogens is 1. The summed E-state index contributed by atoms with van der Waals surface area (Å²) in [6.07, 6.45) is 2.54. The molecular weight excluding hydrogens is 274 g/mol. The van der Waals surface area contributed by atoms with Gasteiger partial charge in [0.05, 0.1) is 16.5 Å². The van der Waals surface area contributed by atoms with Gasteiger partial charge >= 0.3 is 0 Å². The molecule has 78 valence electrons. The summed E-state index contributed by atoms with van der Waals surface area (Å²) in [5.74, 6) is 0. The molecule has 0 saturated carbocycles. The Morgan fingerprint density at radius 1 is 1.33 bits per heavy atom. The lowest BCUT2D eigenvalue weighted by Crippen LogP contribution is -1.87. The van der Waals surface area contributed by atoms with E-state index in [4.69, 9.17) is 5.11 Å². The quantitative estimate of drug-likeness (QED) is 0.940. The molecule has 0 aliphatic carbocycles. The molecule has 0 atom stereocenters. The van der Waals surface area contributed by atoms with Crippen LogP contribution in [0.1, 0.15) is 15.4 Å². The molecule has 0 bridgehead atoms. The fourth-order valence-electron chi connectivity index (χ4n) is 1.31. The molecule has 2 nitrogen and oxygen atoms in total. The lowest BCUT2D eigenvalue weighted by molar-refractivity contribution is 0.285. The van der Waals surface area contributed by atoms with Gasteiger partial charge in [0.1, 0.15) is 0 Å². The van der Waals surface area contributed by atoms with Crippen LogP contribution in [0, 0.1) is 0 Å². The summed E-state index contributed by atoms with van der Waals surface area (Å²) < 4.78 is 1.10. The predicted molar refractivity (Wildman–Crippen MR) is 65.0 cm³/mol. The van der Waals surface area contributed by atoms with E-state index in [9.17, 15) is 0 Å². The van der Waals surface area contributed by atoms with Crippen LogP contribution in [0.4, 0.5) is 0 Å². The molecule has 0 radical (unpaired) electrons. The summed E-state index contributed by atoms with van der Waals surface area (Å²) in [5.41, 5.74) is 1.22. The highest BCUT2D eigenvalue weighted by Crippen LogP contribution is 2.22. The molecule has 0 saturated heterocycles. The summed E-state index contributed by atoms with van der Waals surface area (Å²) in [4.78, 5) is 5.18. The fraction of sp³-hybridized carbons (Fsp3) is 0.182. The monoisotopic (exact) mass is 283 g/mol. The molecule has 2 rings (SSSR count). The Balaban J connectivity index is 2.18. The van der Waals surface area contributed by atoms with Crippen molar-refractivity contribution in [1.29, 1.82) is 0 Å². The molecule has 0 amide bonds. The van der Waals surface area contributed by atoms with Crippen LogP contribution in [-0.4, -0.2) is 10.1 Å². The smallest absolute Gasteiger partial charge is 0.0972 e. The summed E-state index contributed by atoms with van der Waals surface area (Å²) >= 11 is 5.06. The van der Waals surface area contributed by atoms with Crippen molar-refractivity contribution < 1.29 is 5.11 Å². The van der Waals surface area contributed by atoms with E-state index in [1.165, 1.54) is 5.56 Å². The van der Waals surface area contributed by atoms with Gasteiger partial charge in [0.15, 0.2) is 0 Å². The number of hydrogen-bond acceptors (Lipinski definition) is 3. The van der Waals surface area contributed by atoms with Crippen LogP contribution in [0.2, 0.25) is 0 Å². The van der Waals surface area contributed by atoms with Gasteiger partial charge in [0.25, 0.3) is 0 Å². The predicted octanol–water partition coefficient (Wildman–Crippen LogP) is 2.99. The SMILES string of the molecule is OCc1cnc(Cc2ccccc2Br)s1. The van der Waals surface area contributed by atoms with E-state index < -0.39 is 0 Å². The summed E-state index contributed by atoms with van der Waals surface area (Å²) in [6, 6.07) is 8.11. The first-order valence-corrected chi connectivity index (χ1v) is 6.18. The number of rotatable bonds is 3. The molecule has 0 aliphatic rings. The first-order chi connectivity index (χ1) is 7.29. The molecule has 0 aliphatic heterocycles. The molecular formula is C11H10BrNOS. The lowest BCUT2D eigenvalue weighted by atomic mass is 10.2. The maximum Gasteiger partial charge on any atom is 0.0972 e. The Bertz CT molecular complexity index is 455. The van der Waals surface area contributed by atoms with Crippen molar-refractivity contribution >= 4 is 27.3 Å². The molecule has 0 spiro atoms. The highest BCUT2D eigenvalue weighted by molar-refractivity contribution is 9.10. The van der Waals surface area contributed by atoms with Crippen molar-refractivity contribution in [2.75, 3.05) is 0 Å². The van der Waals surface area contributed by atoms with Gasteiger partial charge in [-0.25, -0.2) is 4.98 Å². The zero-order valence-electron chi connectivity index (χ0n) is 7.98. The van der Waals surface area contributed by atoms with E-state index >= 15 is 0 Å². The lowest BCUT2D eigenvalue weighted by Gasteiger charge is -2.00. The number of nitrogens with zero attached hydrogens (tertiary/aromatic N) is 1. The molecule has 15 heavy (non-hydrogen) atoms. The Morgan fingerprint density at radius 2 is 2.13 bits per heavy atom. The third-order valence-electron chi connectivity index (χ3n) is 2.06. The Hall–Kier alpha value is -0.710. The maximum atomic E-state index is 8.93. The van der Waals surface area contributed by atoms with E-state index in [0.29, 0.717) is 0 Å². The Labute approximate surface area is 101 Å². The number of halogens is 1. The molecule has 1 heterocycles. The van der Waals surface area contributed by atoms with Gasteiger partial charge in [0, 0.05) is 17.1 Å². The Morgan fingerprint density at radius 3 is 2.80 bits per heavy atom. The first kappa shape index (κ1) is 10.8. The van der Waals surface area contributed by atoms with Gasteiger partial charge in [0.2, 0.25) is 0 Å². The number of aliphatic hydroxyl groups excluding tert-OH is 1. The van der Waals surface area contributed by atoms with Crippen molar-refractivity contribution in [3.8, 4) is 0 Å². The number of hydrogen-bond donors (Lipinski definition) is 1. The van der Waals surface area contributed by atoms with Crippen LogP contribution in [0.25, 0.3) is 0 Å². The minimum atomic E-state index is 0.0770. The maximum absolute atomic E-state index is 8.93. The second-order valence-electron chi connectivity index (χ2n) is 3.15. The van der Waals surface area contributed by atoms with Crippen molar-refractivity contribution in [1.82, 2.24) is 4.98 Å². The summed E-state index contributed by atoms with van der Waals surface area (Å²) in [7, 11) is 0. The van der Waals surface area contributed by atoms with Crippen LogP contribution in [0.15, 0.2) is 34.9 Å². The van der Waals surface area contributed by atoms with Crippen molar-refractivity contribution in [2.45, 2.75) is 13.0 Å². The second-order valence-corrected chi connectivity index (χ2v) is 5.20. The van der Waals surface area contributed by atoms with Crippen LogP contribution >= 0.6 is 27.3 Å². The number of thiazole rings is 1. The zero-order chi connectivity index (χ0) is 10.7. The van der Waals surface area contributed by atoms with E-state index in [1.807, 2.05) is 18.2 Å². The Kier molecular flexibility index (Phi) is 3.51. The minimum Gasteiger partial charge on any atom is -0.391 e. The van der Waals surface area contributed by atoms with Gasteiger partial charge in [-0.1, -0.05) is 34.1 Å². The van der Waals surface area contributed by atoms with E-state index in [2.05, 4.69) is 27.0 Å². The molecule has 1 N–H and O–H groups in total. The number of benzene rings is 1. The minimum absolute atomic E-state index is 0.0770. The molecule has 1 aromatic carbocycles. The third-order valence-corrected chi connectivity index (χ3v) is 3.81. The fourth-order valence-corrected chi connectivity index (χ4v) is 2.54. The average Bonchev–Trinajstić information content (AvgIpc) is 2.69. The van der Waals surface area contributed by atoms with Crippen LogP contribution in [0.3, 0.4) is 0 Å². The molecule has 2 aromatic rings.